The van der Waals surface area contributed by atoms with Crippen molar-refractivity contribution >= 4 is 12.0 Å². The van der Waals surface area contributed by atoms with E-state index in [1.165, 1.54) is 25.7 Å². The van der Waals surface area contributed by atoms with E-state index in [0.29, 0.717) is 11.8 Å². The topological polar surface area (TPSA) is 78.4 Å². The van der Waals surface area contributed by atoms with E-state index >= 15 is 0 Å². The van der Waals surface area contributed by atoms with Crippen LogP contribution in [-0.4, -0.2) is 29.2 Å². The Balaban J connectivity index is 1.84. The average Bonchev–Trinajstić information content (AvgIpc) is 3.15. The lowest BCUT2D eigenvalue weighted by molar-refractivity contribution is -0.140. The standard InChI is InChI=1S/C13H22N2O3/c1-7(2)10(12(16)17)14-13(18)15-11(8-3-4-8)9-5-6-9/h7-11H,3-6H2,1-2H3,(H,16,17)(H2,14,15,18)/t10-/m0/s1. The second-order valence-corrected chi connectivity index (χ2v) is 5.88. The van der Waals surface area contributed by atoms with E-state index in [1.807, 2.05) is 0 Å². The third-order valence-electron chi connectivity index (χ3n) is 3.78. The first-order chi connectivity index (χ1) is 8.49. The van der Waals surface area contributed by atoms with Gasteiger partial charge in [-0.05, 0) is 43.4 Å². The van der Waals surface area contributed by atoms with Crippen LogP contribution in [0.25, 0.3) is 0 Å². The van der Waals surface area contributed by atoms with Crippen molar-refractivity contribution in [2.75, 3.05) is 0 Å². The summed E-state index contributed by atoms with van der Waals surface area (Å²) in [5, 5.41) is 14.6. The predicted octanol–water partition coefficient (Wildman–Crippen LogP) is 1.58. The summed E-state index contributed by atoms with van der Waals surface area (Å²) >= 11 is 0. The summed E-state index contributed by atoms with van der Waals surface area (Å²) in [4.78, 5) is 22.9. The van der Waals surface area contributed by atoms with E-state index in [4.69, 9.17) is 5.11 Å². The molecule has 2 amide bonds. The summed E-state index contributed by atoms with van der Waals surface area (Å²) < 4.78 is 0. The fraction of sp³-hybridized carbons (Fsp3) is 0.846. The van der Waals surface area contributed by atoms with Crippen LogP contribution in [0, 0.1) is 17.8 Å². The minimum atomic E-state index is -0.977. The van der Waals surface area contributed by atoms with E-state index in [-0.39, 0.29) is 18.0 Å². The van der Waals surface area contributed by atoms with Gasteiger partial charge in [-0.2, -0.15) is 0 Å². The van der Waals surface area contributed by atoms with Crippen LogP contribution in [0.5, 0.6) is 0 Å². The number of hydrogen-bond acceptors (Lipinski definition) is 2. The number of carbonyl (C=O) groups excluding carboxylic acids is 1. The van der Waals surface area contributed by atoms with Crippen molar-refractivity contribution in [1.29, 1.82) is 0 Å². The Morgan fingerprint density at radius 3 is 1.89 bits per heavy atom. The number of rotatable bonds is 6. The molecule has 5 nitrogen and oxygen atoms in total. The summed E-state index contributed by atoms with van der Waals surface area (Å²) in [7, 11) is 0. The zero-order valence-electron chi connectivity index (χ0n) is 11.0. The van der Waals surface area contributed by atoms with E-state index in [9.17, 15) is 9.59 Å². The van der Waals surface area contributed by atoms with Crippen LogP contribution in [0.1, 0.15) is 39.5 Å². The van der Waals surface area contributed by atoms with Gasteiger partial charge in [-0.15, -0.1) is 0 Å². The third-order valence-corrected chi connectivity index (χ3v) is 3.78. The number of nitrogens with one attached hydrogen (secondary N) is 2. The van der Waals surface area contributed by atoms with Gasteiger partial charge in [0.05, 0.1) is 0 Å². The second-order valence-electron chi connectivity index (χ2n) is 5.88. The van der Waals surface area contributed by atoms with E-state index in [2.05, 4.69) is 10.6 Å². The van der Waals surface area contributed by atoms with Gasteiger partial charge in [-0.3, -0.25) is 0 Å². The highest BCUT2D eigenvalue weighted by molar-refractivity contribution is 5.82. The predicted molar refractivity (Wildman–Crippen MR) is 67.2 cm³/mol. The fourth-order valence-electron chi connectivity index (χ4n) is 2.38. The molecular formula is C13H22N2O3. The highest BCUT2D eigenvalue weighted by atomic mass is 16.4. The molecule has 3 N–H and O–H groups in total. The molecule has 2 aliphatic rings. The lowest BCUT2D eigenvalue weighted by Crippen LogP contribution is -2.51. The van der Waals surface area contributed by atoms with E-state index in [0.717, 1.165) is 0 Å². The molecule has 0 aromatic rings. The lowest BCUT2D eigenvalue weighted by atomic mass is 10.0. The van der Waals surface area contributed by atoms with E-state index < -0.39 is 12.0 Å². The molecule has 2 fully saturated rings. The van der Waals surface area contributed by atoms with Gasteiger partial charge in [0.2, 0.25) is 0 Å². The minimum absolute atomic E-state index is 0.117. The monoisotopic (exact) mass is 254 g/mol. The number of carboxylic acid groups (broad SMARTS) is 1. The van der Waals surface area contributed by atoms with E-state index in [1.54, 1.807) is 13.8 Å². The van der Waals surface area contributed by atoms with Crippen molar-refractivity contribution in [2.24, 2.45) is 17.8 Å². The van der Waals surface area contributed by atoms with Crippen LogP contribution >= 0.6 is 0 Å². The van der Waals surface area contributed by atoms with Crippen molar-refractivity contribution in [3.63, 3.8) is 0 Å². The number of amides is 2. The number of carboxylic acids is 1. The maximum Gasteiger partial charge on any atom is 0.326 e. The van der Waals surface area contributed by atoms with Gasteiger partial charge in [0.1, 0.15) is 6.04 Å². The molecule has 1 atom stereocenters. The second kappa shape index (κ2) is 5.16. The minimum Gasteiger partial charge on any atom is -0.480 e. The summed E-state index contributed by atoms with van der Waals surface area (Å²) in [5.74, 6) is 0.138. The van der Waals surface area contributed by atoms with Crippen molar-refractivity contribution in [1.82, 2.24) is 10.6 Å². The number of carbonyl (C=O) groups is 2. The SMILES string of the molecule is CC(C)[C@H](NC(=O)NC(C1CC1)C1CC1)C(=O)O. The maximum atomic E-state index is 11.9. The Bertz CT molecular complexity index is 323. The molecule has 0 bridgehead atoms. The Hall–Kier alpha value is -1.26. The highest BCUT2D eigenvalue weighted by Gasteiger charge is 2.42. The van der Waals surface area contributed by atoms with Crippen molar-refractivity contribution < 1.29 is 14.7 Å². The molecule has 0 saturated heterocycles. The summed E-state index contributed by atoms with van der Waals surface area (Å²) in [6.07, 6.45) is 4.75. The largest absolute Gasteiger partial charge is 0.480 e. The Morgan fingerprint density at radius 2 is 1.56 bits per heavy atom. The van der Waals surface area contributed by atoms with Crippen LogP contribution < -0.4 is 10.6 Å². The smallest absolute Gasteiger partial charge is 0.326 e. The van der Waals surface area contributed by atoms with Gasteiger partial charge < -0.3 is 15.7 Å². The third kappa shape index (κ3) is 3.37. The average molecular weight is 254 g/mol. The molecule has 2 rings (SSSR count). The van der Waals surface area contributed by atoms with Gasteiger partial charge in [0, 0.05) is 6.04 Å². The molecule has 0 heterocycles. The highest BCUT2D eigenvalue weighted by Crippen LogP contribution is 2.44. The Morgan fingerprint density at radius 1 is 1.06 bits per heavy atom. The molecule has 0 aromatic carbocycles. The van der Waals surface area contributed by atoms with Gasteiger partial charge >= 0.3 is 12.0 Å². The van der Waals surface area contributed by atoms with Crippen LogP contribution in [0.3, 0.4) is 0 Å². The van der Waals surface area contributed by atoms with Gasteiger partial charge in [0.25, 0.3) is 0 Å². The number of urea groups is 1. The van der Waals surface area contributed by atoms with Crippen molar-refractivity contribution in [2.45, 2.75) is 51.6 Å². The number of aliphatic carboxylic acids is 1. The molecule has 0 spiro atoms. The molecule has 2 saturated carbocycles. The molecule has 0 aliphatic heterocycles. The first-order valence-corrected chi connectivity index (χ1v) is 6.79. The Kier molecular flexibility index (Phi) is 3.78. The maximum absolute atomic E-state index is 11.9. The number of hydrogen-bond donors (Lipinski definition) is 3. The summed E-state index contributed by atoms with van der Waals surface area (Å²) in [5.41, 5.74) is 0. The molecule has 0 aromatic heterocycles. The van der Waals surface area contributed by atoms with Crippen LogP contribution in [0.2, 0.25) is 0 Å². The molecule has 0 radical (unpaired) electrons. The summed E-state index contributed by atoms with van der Waals surface area (Å²) in [6.45, 7) is 3.58. The Labute approximate surface area is 107 Å². The van der Waals surface area contributed by atoms with Crippen LogP contribution in [0.15, 0.2) is 0 Å². The lowest BCUT2D eigenvalue weighted by Gasteiger charge is -2.22. The first kappa shape index (κ1) is 13.2. The first-order valence-electron chi connectivity index (χ1n) is 6.79. The van der Waals surface area contributed by atoms with Crippen molar-refractivity contribution in [3.8, 4) is 0 Å². The van der Waals surface area contributed by atoms with Gasteiger partial charge in [0.15, 0.2) is 0 Å². The molecule has 18 heavy (non-hydrogen) atoms. The molecule has 0 unspecified atom stereocenters. The summed E-state index contributed by atoms with van der Waals surface area (Å²) in [6, 6.07) is -0.893. The zero-order chi connectivity index (χ0) is 13.3. The molecule has 5 heteroatoms. The zero-order valence-corrected chi connectivity index (χ0v) is 11.0. The van der Waals surface area contributed by atoms with Gasteiger partial charge in [-0.25, -0.2) is 9.59 Å². The van der Waals surface area contributed by atoms with Crippen LogP contribution in [0.4, 0.5) is 4.79 Å². The molecule has 2 aliphatic carbocycles. The van der Waals surface area contributed by atoms with Gasteiger partial charge in [-0.1, -0.05) is 13.8 Å². The normalized spacial score (nSPS) is 20.9. The van der Waals surface area contributed by atoms with Crippen molar-refractivity contribution in [3.05, 3.63) is 0 Å². The van der Waals surface area contributed by atoms with Crippen LogP contribution in [-0.2, 0) is 4.79 Å². The quantitative estimate of drug-likeness (QED) is 0.673. The molecule has 102 valence electrons. The molecular weight excluding hydrogens is 232 g/mol. The fourth-order valence-corrected chi connectivity index (χ4v) is 2.38.